The number of aliphatic carboxylic acids is 2. The van der Waals surface area contributed by atoms with Crippen LogP contribution in [-0.4, -0.2) is 46.7 Å². The maximum absolute atomic E-state index is 11.2. The molecule has 17 heavy (non-hydrogen) atoms. The Morgan fingerprint density at radius 1 is 0.941 bits per heavy atom. The van der Waals surface area contributed by atoms with Gasteiger partial charge in [-0.25, -0.2) is 0 Å². The second-order valence-electron chi connectivity index (χ2n) is 3.41. The molecule has 0 saturated carbocycles. The summed E-state index contributed by atoms with van der Waals surface area (Å²) in [7, 11) is 0. The number of ketones is 1. The molecule has 0 aliphatic carbocycles. The number of rotatable bonds is 9. The lowest BCUT2D eigenvalue weighted by Gasteiger charge is -2.01. The fraction of sp³-hybridized carbons (Fsp3) is 0.600. The van der Waals surface area contributed by atoms with Crippen LogP contribution in [0.5, 0.6) is 0 Å². The molecule has 96 valence electrons. The van der Waals surface area contributed by atoms with Crippen LogP contribution in [0, 0.1) is 0 Å². The van der Waals surface area contributed by atoms with Gasteiger partial charge < -0.3 is 15.9 Å². The molecule has 0 atom stereocenters. The molecule has 0 amide bonds. The second-order valence-corrected chi connectivity index (χ2v) is 3.41. The third kappa shape index (κ3) is 9.19. The highest BCUT2D eigenvalue weighted by Gasteiger charge is 2.06. The SMILES string of the molecule is NCC(CCC(=O)O)=NCC(=O)CCC(=O)O. The summed E-state index contributed by atoms with van der Waals surface area (Å²) < 4.78 is 0. The summed E-state index contributed by atoms with van der Waals surface area (Å²) in [5.41, 5.74) is 5.79. The fourth-order valence-electron chi connectivity index (χ4n) is 1.02. The van der Waals surface area contributed by atoms with E-state index in [1.807, 2.05) is 0 Å². The van der Waals surface area contributed by atoms with Crippen LogP contribution in [0.4, 0.5) is 0 Å². The minimum absolute atomic E-state index is 0.0738. The molecule has 0 aliphatic heterocycles. The van der Waals surface area contributed by atoms with E-state index in [1.165, 1.54) is 0 Å². The maximum Gasteiger partial charge on any atom is 0.303 e. The number of nitrogens with zero attached hydrogens (tertiary/aromatic N) is 1. The summed E-state index contributed by atoms with van der Waals surface area (Å²) in [6.45, 7) is -0.0427. The number of carboxylic acids is 2. The van der Waals surface area contributed by atoms with E-state index in [4.69, 9.17) is 15.9 Å². The molecule has 0 aromatic heterocycles. The third-order valence-electron chi connectivity index (χ3n) is 1.96. The van der Waals surface area contributed by atoms with E-state index < -0.39 is 11.9 Å². The van der Waals surface area contributed by atoms with E-state index in [1.54, 1.807) is 0 Å². The van der Waals surface area contributed by atoms with Crippen LogP contribution in [0.1, 0.15) is 25.7 Å². The molecule has 7 heteroatoms. The zero-order chi connectivity index (χ0) is 13.3. The lowest BCUT2D eigenvalue weighted by Crippen LogP contribution is -2.17. The van der Waals surface area contributed by atoms with Crippen molar-refractivity contribution < 1.29 is 24.6 Å². The first-order valence-electron chi connectivity index (χ1n) is 5.13. The van der Waals surface area contributed by atoms with Crippen molar-refractivity contribution in [3.8, 4) is 0 Å². The molecule has 0 radical (unpaired) electrons. The lowest BCUT2D eigenvalue weighted by atomic mass is 10.2. The standard InChI is InChI=1S/C10H16N2O5/c11-5-7(1-3-9(14)15)12-6-8(13)2-4-10(16)17/h1-6,11H2,(H,14,15)(H,16,17). The van der Waals surface area contributed by atoms with Gasteiger partial charge in [-0.05, 0) is 6.42 Å². The average Bonchev–Trinajstić information content (AvgIpc) is 2.26. The van der Waals surface area contributed by atoms with E-state index >= 15 is 0 Å². The molecule has 4 N–H and O–H groups in total. The summed E-state index contributed by atoms with van der Waals surface area (Å²) in [5.74, 6) is -2.29. The van der Waals surface area contributed by atoms with E-state index in [-0.39, 0.29) is 44.6 Å². The fourth-order valence-corrected chi connectivity index (χ4v) is 1.02. The largest absolute Gasteiger partial charge is 0.481 e. The van der Waals surface area contributed by atoms with Crippen molar-refractivity contribution >= 4 is 23.4 Å². The molecule has 0 saturated heterocycles. The van der Waals surface area contributed by atoms with Crippen molar-refractivity contribution in [2.75, 3.05) is 13.1 Å². The van der Waals surface area contributed by atoms with Crippen LogP contribution >= 0.6 is 0 Å². The molecular formula is C10H16N2O5. The second kappa shape index (κ2) is 8.40. The number of carbonyl (C=O) groups excluding carboxylic acids is 1. The molecule has 0 bridgehead atoms. The van der Waals surface area contributed by atoms with Crippen LogP contribution < -0.4 is 5.73 Å². The quantitative estimate of drug-likeness (QED) is 0.477. The molecule has 7 nitrogen and oxygen atoms in total. The number of carbonyl (C=O) groups is 3. The van der Waals surface area contributed by atoms with Crippen LogP contribution in [0.2, 0.25) is 0 Å². The third-order valence-corrected chi connectivity index (χ3v) is 1.96. The number of carboxylic acid groups (broad SMARTS) is 2. The van der Waals surface area contributed by atoms with Crippen molar-refractivity contribution in [2.45, 2.75) is 25.7 Å². The minimum Gasteiger partial charge on any atom is -0.481 e. The molecule has 0 unspecified atom stereocenters. The summed E-state index contributed by atoms with van der Waals surface area (Å²) in [6.07, 6.45) is -0.172. The van der Waals surface area contributed by atoms with Gasteiger partial charge in [-0.15, -0.1) is 0 Å². The molecule has 0 aromatic rings. The van der Waals surface area contributed by atoms with Crippen molar-refractivity contribution in [2.24, 2.45) is 10.7 Å². The van der Waals surface area contributed by atoms with Crippen LogP contribution in [0.15, 0.2) is 4.99 Å². The smallest absolute Gasteiger partial charge is 0.303 e. The molecule has 0 spiro atoms. The Bertz CT molecular complexity index is 325. The summed E-state index contributed by atoms with van der Waals surface area (Å²) in [6, 6.07) is 0. The Balaban J connectivity index is 4.03. The van der Waals surface area contributed by atoms with Gasteiger partial charge in [0.15, 0.2) is 5.78 Å². The Morgan fingerprint density at radius 2 is 1.47 bits per heavy atom. The van der Waals surface area contributed by atoms with Gasteiger partial charge in [-0.2, -0.15) is 0 Å². The highest BCUT2D eigenvalue weighted by molar-refractivity contribution is 5.91. The number of Topliss-reactive ketones (excluding diaryl/α,β-unsaturated/α-hetero) is 1. The minimum atomic E-state index is -1.03. The molecule has 0 aromatic carbocycles. The topological polar surface area (TPSA) is 130 Å². The van der Waals surface area contributed by atoms with E-state index in [9.17, 15) is 14.4 Å². The molecule has 0 rings (SSSR count). The van der Waals surface area contributed by atoms with Gasteiger partial charge in [0.25, 0.3) is 0 Å². The molecular weight excluding hydrogens is 228 g/mol. The first-order chi connectivity index (χ1) is 7.95. The summed E-state index contributed by atoms with van der Waals surface area (Å²) in [5, 5.41) is 16.8. The van der Waals surface area contributed by atoms with Gasteiger partial charge in [0.2, 0.25) is 0 Å². The molecule has 0 aliphatic rings. The Hall–Kier alpha value is -1.76. The predicted octanol–water partition coefficient (Wildman–Crippen LogP) is -0.315. The Morgan fingerprint density at radius 3 is 1.94 bits per heavy atom. The van der Waals surface area contributed by atoms with Crippen molar-refractivity contribution in [1.82, 2.24) is 0 Å². The molecule has 0 heterocycles. The van der Waals surface area contributed by atoms with Gasteiger partial charge in [-0.1, -0.05) is 0 Å². The van der Waals surface area contributed by atoms with Crippen LogP contribution in [0.25, 0.3) is 0 Å². The summed E-state index contributed by atoms with van der Waals surface area (Å²) in [4.78, 5) is 35.6. The normalized spacial score (nSPS) is 11.2. The van der Waals surface area contributed by atoms with E-state index in [0.29, 0.717) is 5.71 Å². The highest BCUT2D eigenvalue weighted by atomic mass is 16.4. The van der Waals surface area contributed by atoms with Crippen molar-refractivity contribution in [1.29, 1.82) is 0 Å². The summed E-state index contributed by atoms with van der Waals surface area (Å²) >= 11 is 0. The maximum atomic E-state index is 11.2. The first kappa shape index (κ1) is 15.2. The number of nitrogens with two attached hydrogens (primary N) is 1. The number of hydrogen-bond donors (Lipinski definition) is 3. The monoisotopic (exact) mass is 244 g/mol. The van der Waals surface area contributed by atoms with E-state index in [2.05, 4.69) is 4.99 Å². The van der Waals surface area contributed by atoms with Gasteiger partial charge in [-0.3, -0.25) is 19.4 Å². The first-order valence-corrected chi connectivity index (χ1v) is 5.13. The van der Waals surface area contributed by atoms with Gasteiger partial charge in [0.05, 0.1) is 19.4 Å². The van der Waals surface area contributed by atoms with Crippen molar-refractivity contribution in [3.05, 3.63) is 0 Å². The van der Waals surface area contributed by atoms with Crippen LogP contribution in [0.3, 0.4) is 0 Å². The average molecular weight is 244 g/mol. The van der Waals surface area contributed by atoms with Crippen molar-refractivity contribution in [3.63, 3.8) is 0 Å². The zero-order valence-corrected chi connectivity index (χ0v) is 9.39. The van der Waals surface area contributed by atoms with E-state index in [0.717, 1.165) is 0 Å². The van der Waals surface area contributed by atoms with Gasteiger partial charge >= 0.3 is 11.9 Å². The Labute approximate surface area is 98.3 Å². The molecule has 0 fully saturated rings. The lowest BCUT2D eigenvalue weighted by molar-refractivity contribution is -0.138. The van der Waals surface area contributed by atoms with Crippen LogP contribution in [-0.2, 0) is 14.4 Å². The highest BCUT2D eigenvalue weighted by Crippen LogP contribution is 1.96. The zero-order valence-electron chi connectivity index (χ0n) is 9.39. The van der Waals surface area contributed by atoms with Gasteiger partial charge in [0.1, 0.15) is 0 Å². The number of hydrogen-bond acceptors (Lipinski definition) is 5. The predicted molar refractivity (Wildman–Crippen MR) is 60.1 cm³/mol. The Kier molecular flexibility index (Phi) is 7.53. The number of aliphatic imine (C=N–C) groups is 1. The van der Waals surface area contributed by atoms with Gasteiger partial charge in [0, 0.05) is 18.7 Å².